The van der Waals surface area contributed by atoms with Gasteiger partial charge in [-0.05, 0) is 86.2 Å². The Bertz CT molecular complexity index is 1230. The number of hydrogen-bond donors (Lipinski definition) is 1. The van der Waals surface area contributed by atoms with Crippen molar-refractivity contribution in [2.24, 2.45) is 11.8 Å². The Morgan fingerprint density at radius 3 is 2.71 bits per heavy atom. The molecule has 0 bridgehead atoms. The molecule has 2 aliphatic rings. The lowest BCUT2D eigenvalue weighted by Gasteiger charge is -2.40. The largest absolute Gasteiger partial charge is 0.326 e. The van der Waals surface area contributed by atoms with Gasteiger partial charge in [0.1, 0.15) is 5.82 Å². The zero-order valence-electron chi connectivity index (χ0n) is 21.7. The van der Waals surface area contributed by atoms with Crippen molar-refractivity contribution in [3.05, 3.63) is 58.9 Å². The second-order valence-electron chi connectivity index (χ2n) is 10.8. The number of carbonyl (C=O) groups is 1. The molecule has 5 rings (SSSR count). The molecule has 186 valence electrons. The Labute approximate surface area is 213 Å². The molecule has 2 heterocycles. The fraction of sp³-hybridized carbons (Fsp3) is 0.517. The number of imidazole rings is 1. The molecule has 0 radical (unpaired) electrons. The predicted molar refractivity (Wildman–Crippen MR) is 147 cm³/mol. The number of likely N-dealkylation sites (tertiary alicyclic amines) is 1. The topological polar surface area (TPSA) is 50.2 Å². The van der Waals surface area contributed by atoms with Gasteiger partial charge in [0.25, 0.3) is 0 Å². The summed E-state index contributed by atoms with van der Waals surface area (Å²) < 4.78 is 2.51. The van der Waals surface area contributed by atoms with Crippen molar-refractivity contribution in [1.29, 1.82) is 0 Å². The summed E-state index contributed by atoms with van der Waals surface area (Å²) in [5, 5.41) is 3.62. The van der Waals surface area contributed by atoms with Crippen LogP contribution in [-0.2, 0) is 17.6 Å². The minimum absolute atomic E-state index is 0.00322. The van der Waals surface area contributed by atoms with Gasteiger partial charge in [-0.15, -0.1) is 0 Å². The van der Waals surface area contributed by atoms with E-state index in [-0.39, 0.29) is 11.8 Å². The number of anilines is 1. The van der Waals surface area contributed by atoms with Crippen LogP contribution >= 0.6 is 11.8 Å². The number of hydrogen-bond acceptors (Lipinski definition) is 4. The zero-order chi connectivity index (χ0) is 24.7. The van der Waals surface area contributed by atoms with Crippen LogP contribution in [0.25, 0.3) is 11.0 Å². The van der Waals surface area contributed by atoms with Crippen molar-refractivity contribution < 1.29 is 4.79 Å². The van der Waals surface area contributed by atoms with Crippen LogP contribution in [0.2, 0.25) is 0 Å². The maximum atomic E-state index is 12.1. The van der Waals surface area contributed by atoms with Crippen molar-refractivity contribution in [1.82, 2.24) is 14.5 Å². The van der Waals surface area contributed by atoms with Crippen LogP contribution in [-0.4, -0.2) is 51.5 Å². The van der Waals surface area contributed by atoms with Crippen LogP contribution in [0.15, 0.2) is 36.4 Å². The van der Waals surface area contributed by atoms with Gasteiger partial charge in [-0.3, -0.25) is 4.79 Å². The molecule has 1 saturated heterocycles. The standard InChI is InChI=1S/C29H38N4OS/c1-18(2)29(34)31-24-8-7-22-13-21(14-23(22)15-24)16-32-11-10-27(28(17-32)35-5)33-20(4)30-25-12-19(3)6-9-26(25)33/h6-9,12,15,18,21,27-28H,10-11,13-14,16-17H2,1-5H3,(H,31,34)/t21-,27?,28?/m1/s1. The van der Waals surface area contributed by atoms with Crippen LogP contribution in [0, 0.1) is 25.7 Å². The summed E-state index contributed by atoms with van der Waals surface area (Å²) >= 11 is 2.00. The summed E-state index contributed by atoms with van der Waals surface area (Å²) in [6, 6.07) is 13.6. The number of thioether (sulfide) groups is 1. The second kappa shape index (κ2) is 9.98. The Hall–Kier alpha value is -2.31. The van der Waals surface area contributed by atoms with Gasteiger partial charge in [0, 0.05) is 42.5 Å². The summed E-state index contributed by atoms with van der Waals surface area (Å²) in [4.78, 5) is 19.7. The van der Waals surface area contributed by atoms with Gasteiger partial charge in [-0.25, -0.2) is 4.98 Å². The molecule has 1 aliphatic carbocycles. The van der Waals surface area contributed by atoms with E-state index in [2.05, 4.69) is 71.3 Å². The molecular weight excluding hydrogens is 452 g/mol. The van der Waals surface area contributed by atoms with Gasteiger partial charge >= 0.3 is 0 Å². The normalized spacial score (nSPS) is 22.6. The van der Waals surface area contributed by atoms with Crippen molar-refractivity contribution in [3.63, 3.8) is 0 Å². The van der Waals surface area contributed by atoms with Crippen LogP contribution < -0.4 is 5.32 Å². The first-order valence-electron chi connectivity index (χ1n) is 13.0. The Morgan fingerprint density at radius 2 is 1.94 bits per heavy atom. The third-order valence-corrected chi connectivity index (χ3v) is 8.86. The molecule has 6 heteroatoms. The first kappa shape index (κ1) is 24.4. The van der Waals surface area contributed by atoms with Gasteiger partial charge in [0.05, 0.1) is 11.0 Å². The molecule has 1 N–H and O–H groups in total. The van der Waals surface area contributed by atoms with Gasteiger partial charge < -0.3 is 14.8 Å². The predicted octanol–water partition coefficient (Wildman–Crippen LogP) is 5.64. The molecule has 2 aromatic carbocycles. The first-order chi connectivity index (χ1) is 16.8. The molecule has 5 nitrogen and oxygen atoms in total. The third kappa shape index (κ3) is 5.01. The van der Waals surface area contributed by atoms with Gasteiger partial charge in [-0.2, -0.15) is 11.8 Å². The molecular formula is C29H38N4OS. The van der Waals surface area contributed by atoms with E-state index >= 15 is 0 Å². The highest BCUT2D eigenvalue weighted by Crippen LogP contribution is 2.36. The molecule has 1 aliphatic heterocycles. The van der Waals surface area contributed by atoms with Crippen LogP contribution in [0.3, 0.4) is 0 Å². The highest BCUT2D eigenvalue weighted by molar-refractivity contribution is 7.99. The number of benzene rings is 2. The average molecular weight is 491 g/mol. The van der Waals surface area contributed by atoms with Crippen LogP contribution in [0.1, 0.15) is 48.8 Å². The fourth-order valence-corrected chi connectivity index (χ4v) is 6.91. The summed E-state index contributed by atoms with van der Waals surface area (Å²) in [7, 11) is 0. The van der Waals surface area contributed by atoms with E-state index in [0.29, 0.717) is 17.2 Å². The molecule has 1 fully saturated rings. The van der Waals surface area contributed by atoms with Gasteiger partial charge in [-0.1, -0.05) is 26.0 Å². The highest BCUT2D eigenvalue weighted by atomic mass is 32.2. The van der Waals surface area contributed by atoms with Crippen molar-refractivity contribution in [2.75, 3.05) is 31.2 Å². The zero-order valence-corrected chi connectivity index (χ0v) is 22.5. The van der Waals surface area contributed by atoms with E-state index in [1.165, 1.54) is 22.2 Å². The lowest BCUT2D eigenvalue weighted by Crippen LogP contribution is -2.45. The number of aryl methyl sites for hydroxylation is 2. The third-order valence-electron chi connectivity index (χ3n) is 7.80. The van der Waals surface area contributed by atoms with Crippen molar-refractivity contribution in [3.8, 4) is 0 Å². The second-order valence-corrected chi connectivity index (χ2v) is 11.9. The number of aromatic nitrogens is 2. The number of amides is 1. The quantitative estimate of drug-likeness (QED) is 0.486. The first-order valence-corrected chi connectivity index (χ1v) is 14.2. The van der Waals surface area contributed by atoms with Crippen molar-refractivity contribution >= 4 is 34.4 Å². The summed E-state index contributed by atoms with van der Waals surface area (Å²) in [5.74, 6) is 1.87. The van der Waals surface area contributed by atoms with E-state index in [0.717, 1.165) is 55.9 Å². The van der Waals surface area contributed by atoms with E-state index in [4.69, 9.17) is 4.98 Å². The highest BCUT2D eigenvalue weighted by Gasteiger charge is 2.33. The summed E-state index contributed by atoms with van der Waals surface area (Å²) in [6.45, 7) is 11.6. The lowest BCUT2D eigenvalue weighted by atomic mass is 10.00. The minimum Gasteiger partial charge on any atom is -0.326 e. The van der Waals surface area contributed by atoms with Crippen molar-refractivity contribution in [2.45, 2.75) is 58.2 Å². The molecule has 3 atom stereocenters. The van der Waals surface area contributed by atoms with Crippen LogP contribution in [0.4, 0.5) is 5.69 Å². The monoisotopic (exact) mass is 490 g/mol. The maximum absolute atomic E-state index is 12.1. The van der Waals surface area contributed by atoms with E-state index in [1.807, 2.05) is 25.6 Å². The van der Waals surface area contributed by atoms with E-state index < -0.39 is 0 Å². The smallest absolute Gasteiger partial charge is 0.226 e. The fourth-order valence-electron chi connectivity index (χ4n) is 5.98. The average Bonchev–Trinajstić information content (AvgIpc) is 3.37. The summed E-state index contributed by atoms with van der Waals surface area (Å²) in [6.07, 6.45) is 5.67. The minimum atomic E-state index is -0.00322. The molecule has 35 heavy (non-hydrogen) atoms. The number of fused-ring (bicyclic) bond motifs is 2. The SMILES string of the molecule is CSC1CN(C[C@@H]2Cc3ccc(NC(=O)C(C)C)cc3C2)CCC1n1c(C)nc2cc(C)ccc21. The molecule has 3 aromatic rings. The Balaban J connectivity index is 1.24. The number of carbonyl (C=O) groups excluding carboxylic acids is 1. The lowest BCUT2D eigenvalue weighted by molar-refractivity contribution is -0.118. The van der Waals surface area contributed by atoms with Crippen LogP contribution in [0.5, 0.6) is 0 Å². The Kier molecular flexibility index (Phi) is 6.95. The number of nitrogens with zero attached hydrogens (tertiary/aromatic N) is 3. The molecule has 0 spiro atoms. The number of nitrogens with one attached hydrogen (secondary N) is 1. The van der Waals surface area contributed by atoms with E-state index in [1.54, 1.807) is 0 Å². The number of piperidine rings is 1. The van der Waals surface area contributed by atoms with Gasteiger partial charge in [0.15, 0.2) is 0 Å². The Morgan fingerprint density at radius 1 is 1.14 bits per heavy atom. The maximum Gasteiger partial charge on any atom is 0.226 e. The molecule has 1 aromatic heterocycles. The molecule has 1 amide bonds. The number of rotatable bonds is 6. The summed E-state index contributed by atoms with van der Waals surface area (Å²) in [5.41, 5.74) is 7.46. The van der Waals surface area contributed by atoms with Gasteiger partial charge in [0.2, 0.25) is 5.91 Å². The molecule has 0 saturated carbocycles. The molecule has 2 unspecified atom stereocenters. The van der Waals surface area contributed by atoms with E-state index in [9.17, 15) is 4.79 Å².